The highest BCUT2D eigenvalue weighted by molar-refractivity contribution is 6.03. The molecule has 0 unspecified atom stereocenters. The molecule has 3 aliphatic carbocycles. The second-order valence-corrected chi connectivity index (χ2v) is 14.5. The summed E-state index contributed by atoms with van der Waals surface area (Å²) in [5, 5.41) is 0. The van der Waals surface area contributed by atoms with Crippen molar-refractivity contribution in [1.29, 1.82) is 0 Å². The molecule has 248 valence electrons. The van der Waals surface area contributed by atoms with E-state index in [2.05, 4.69) is 13.8 Å². The van der Waals surface area contributed by atoms with E-state index in [-0.39, 0.29) is 46.9 Å². The molecule has 0 radical (unpaired) electrons. The monoisotopic (exact) mass is 636 g/mol. The molecular formula is C41H49F5. The van der Waals surface area contributed by atoms with Gasteiger partial charge in [-0.1, -0.05) is 83.1 Å². The number of aryl methyl sites for hydroxylation is 2. The van der Waals surface area contributed by atoms with Crippen LogP contribution in [-0.2, 0) is 12.8 Å². The maximum atomic E-state index is 15.8. The Hall–Kier alpha value is -2.69. The average molecular weight is 637 g/mol. The first kappa shape index (κ1) is 33.2. The molecule has 2 fully saturated rings. The number of hydrogen-bond acceptors (Lipinski definition) is 0. The van der Waals surface area contributed by atoms with Crippen LogP contribution in [-0.4, -0.2) is 0 Å². The molecule has 0 atom stereocenters. The molecule has 0 aliphatic heterocycles. The lowest BCUT2D eigenvalue weighted by Crippen LogP contribution is -2.16. The fraction of sp³-hybridized carbons (Fsp3) is 0.561. The minimum atomic E-state index is -1.05. The molecule has 0 saturated heterocycles. The molecule has 5 heteroatoms. The van der Waals surface area contributed by atoms with Crippen LogP contribution in [0, 0.1) is 40.9 Å². The molecule has 3 aromatic carbocycles. The molecule has 2 saturated carbocycles. The Kier molecular flexibility index (Phi) is 10.5. The van der Waals surface area contributed by atoms with Crippen LogP contribution < -0.4 is 0 Å². The van der Waals surface area contributed by atoms with Gasteiger partial charge in [0.1, 0.15) is 5.82 Å². The fourth-order valence-electron chi connectivity index (χ4n) is 8.71. The van der Waals surface area contributed by atoms with Crippen LogP contribution in [0.5, 0.6) is 0 Å². The fourth-order valence-corrected chi connectivity index (χ4v) is 8.71. The zero-order valence-electron chi connectivity index (χ0n) is 27.6. The van der Waals surface area contributed by atoms with Crippen LogP contribution in [0.25, 0.3) is 22.3 Å². The van der Waals surface area contributed by atoms with E-state index in [1.807, 2.05) is 12.1 Å². The van der Waals surface area contributed by atoms with Crippen molar-refractivity contribution in [3.05, 3.63) is 81.7 Å². The second-order valence-electron chi connectivity index (χ2n) is 14.5. The van der Waals surface area contributed by atoms with Gasteiger partial charge in [0.25, 0.3) is 0 Å². The van der Waals surface area contributed by atoms with Gasteiger partial charge in [-0.3, -0.25) is 0 Å². The van der Waals surface area contributed by atoms with Crippen molar-refractivity contribution in [3.63, 3.8) is 0 Å². The minimum absolute atomic E-state index is 0.00824. The highest BCUT2D eigenvalue weighted by Gasteiger charge is 2.36. The van der Waals surface area contributed by atoms with Gasteiger partial charge in [-0.05, 0) is 127 Å². The summed E-state index contributed by atoms with van der Waals surface area (Å²) in [6.07, 6.45) is 16.5. The normalized spacial score (nSPS) is 22.3. The Morgan fingerprint density at radius 2 is 1.02 bits per heavy atom. The summed E-state index contributed by atoms with van der Waals surface area (Å²) < 4.78 is 77.2. The van der Waals surface area contributed by atoms with E-state index in [1.165, 1.54) is 44.9 Å². The van der Waals surface area contributed by atoms with Gasteiger partial charge in [0, 0.05) is 11.1 Å². The number of unbranched alkanes of at least 4 members (excludes halogenated alkanes) is 3. The van der Waals surface area contributed by atoms with Gasteiger partial charge in [0.15, 0.2) is 23.3 Å². The van der Waals surface area contributed by atoms with Crippen molar-refractivity contribution in [1.82, 2.24) is 0 Å². The van der Waals surface area contributed by atoms with E-state index < -0.39 is 29.1 Å². The Morgan fingerprint density at radius 3 is 1.65 bits per heavy atom. The van der Waals surface area contributed by atoms with E-state index in [0.717, 1.165) is 51.4 Å². The Labute approximate surface area is 272 Å². The van der Waals surface area contributed by atoms with Gasteiger partial charge in [0.05, 0.1) is 0 Å². The van der Waals surface area contributed by atoms with Gasteiger partial charge in [-0.15, -0.1) is 0 Å². The van der Waals surface area contributed by atoms with Gasteiger partial charge in [-0.25, -0.2) is 22.0 Å². The summed E-state index contributed by atoms with van der Waals surface area (Å²) in [6, 6.07) is 8.54. The third-order valence-corrected chi connectivity index (χ3v) is 11.6. The third-order valence-electron chi connectivity index (χ3n) is 11.6. The van der Waals surface area contributed by atoms with Gasteiger partial charge in [-0.2, -0.15) is 0 Å². The van der Waals surface area contributed by atoms with Gasteiger partial charge >= 0.3 is 0 Å². The minimum Gasteiger partial charge on any atom is -0.206 e. The number of rotatable bonds is 12. The van der Waals surface area contributed by atoms with E-state index in [9.17, 15) is 0 Å². The van der Waals surface area contributed by atoms with Crippen molar-refractivity contribution < 1.29 is 22.0 Å². The molecule has 46 heavy (non-hydrogen) atoms. The summed E-state index contributed by atoms with van der Waals surface area (Å²) in [5.41, 5.74) is 2.59. The second kappa shape index (κ2) is 14.6. The van der Waals surface area contributed by atoms with E-state index in [4.69, 9.17) is 0 Å². The zero-order chi connectivity index (χ0) is 32.4. The molecule has 0 spiro atoms. The zero-order valence-corrected chi connectivity index (χ0v) is 27.6. The molecular weight excluding hydrogens is 587 g/mol. The lowest BCUT2D eigenvalue weighted by molar-refractivity contribution is 0.297. The lowest BCUT2D eigenvalue weighted by atomic mass is 9.73. The third kappa shape index (κ3) is 6.54. The summed E-state index contributed by atoms with van der Waals surface area (Å²) in [5.74, 6) is -2.68. The van der Waals surface area contributed by atoms with Crippen molar-refractivity contribution in [2.45, 2.75) is 135 Å². The molecule has 0 aromatic heterocycles. The highest BCUT2D eigenvalue weighted by Crippen LogP contribution is 2.53. The predicted molar refractivity (Wildman–Crippen MR) is 178 cm³/mol. The molecule has 0 bridgehead atoms. The standard InChI is InChI=1S/C41H49F5/c1-3-5-7-9-26-12-16-28(17-13-26)32-21-20-29(37(42)40(32)45)18-19-30-24-34-33-23-22-31(27-14-10-25(11-15-27)8-6-4-2)39(44)35(33)36(34)41(46)38(30)43/h20-28H,3-19H2,1-2H3. The summed E-state index contributed by atoms with van der Waals surface area (Å²) >= 11 is 0. The van der Waals surface area contributed by atoms with Crippen LogP contribution in [0.15, 0.2) is 30.3 Å². The van der Waals surface area contributed by atoms with Gasteiger partial charge in [0.2, 0.25) is 0 Å². The summed E-state index contributed by atoms with van der Waals surface area (Å²) in [6.45, 7) is 4.40. The lowest BCUT2D eigenvalue weighted by Gasteiger charge is -2.32. The van der Waals surface area contributed by atoms with E-state index >= 15 is 22.0 Å². The van der Waals surface area contributed by atoms with Crippen molar-refractivity contribution in [2.75, 3.05) is 0 Å². The van der Waals surface area contributed by atoms with Crippen molar-refractivity contribution >= 4 is 0 Å². The molecule has 0 nitrogen and oxygen atoms in total. The molecule has 0 N–H and O–H groups in total. The van der Waals surface area contributed by atoms with Crippen LogP contribution >= 0.6 is 0 Å². The van der Waals surface area contributed by atoms with Crippen LogP contribution in [0.3, 0.4) is 0 Å². The first-order chi connectivity index (χ1) is 22.3. The largest absolute Gasteiger partial charge is 0.206 e. The number of halogens is 5. The Balaban J connectivity index is 1.12. The van der Waals surface area contributed by atoms with E-state index in [0.29, 0.717) is 34.1 Å². The topological polar surface area (TPSA) is 0 Å². The molecule has 0 heterocycles. The van der Waals surface area contributed by atoms with E-state index in [1.54, 1.807) is 18.2 Å². The predicted octanol–water partition coefficient (Wildman–Crippen LogP) is 13.1. The molecule has 3 aromatic rings. The molecule has 0 amide bonds. The van der Waals surface area contributed by atoms with Crippen LogP contribution in [0.4, 0.5) is 22.0 Å². The Morgan fingerprint density at radius 1 is 0.500 bits per heavy atom. The summed E-state index contributed by atoms with van der Waals surface area (Å²) in [4.78, 5) is 0. The maximum absolute atomic E-state index is 15.8. The number of fused-ring (bicyclic) bond motifs is 4. The first-order valence-corrected chi connectivity index (χ1v) is 18.1. The average Bonchev–Trinajstić information content (AvgIpc) is 3.06. The van der Waals surface area contributed by atoms with Crippen LogP contribution in [0.1, 0.15) is 144 Å². The van der Waals surface area contributed by atoms with Crippen molar-refractivity contribution in [3.8, 4) is 22.3 Å². The van der Waals surface area contributed by atoms with Crippen LogP contribution in [0.2, 0.25) is 0 Å². The highest BCUT2D eigenvalue weighted by atomic mass is 19.2. The summed E-state index contributed by atoms with van der Waals surface area (Å²) in [7, 11) is 0. The van der Waals surface area contributed by atoms with Gasteiger partial charge < -0.3 is 0 Å². The quantitative estimate of drug-likeness (QED) is 0.107. The molecule has 3 aliphatic rings. The number of benzene rings is 3. The Bertz CT molecular complexity index is 1520. The van der Waals surface area contributed by atoms with Crippen molar-refractivity contribution in [2.24, 2.45) is 11.8 Å². The first-order valence-electron chi connectivity index (χ1n) is 18.1. The molecule has 6 rings (SSSR count). The SMILES string of the molecule is CCCCCC1CCC(c2ccc(CCc3cc4c(c(F)c3F)-c3c-4ccc(C4CCC(CCCC)CC4)c3F)c(F)c2F)CC1. The number of hydrogen-bond donors (Lipinski definition) is 0. The maximum Gasteiger partial charge on any atom is 0.167 e. The smallest absolute Gasteiger partial charge is 0.167 e.